The van der Waals surface area contributed by atoms with E-state index in [4.69, 9.17) is 9.47 Å². The molecule has 1 aromatic carbocycles. The van der Waals surface area contributed by atoms with Crippen molar-refractivity contribution < 1.29 is 9.47 Å². The summed E-state index contributed by atoms with van der Waals surface area (Å²) in [5.74, 6) is 2.37. The number of aromatic nitrogens is 1. The topological polar surface area (TPSA) is 67.8 Å². The molecule has 0 spiro atoms. The van der Waals surface area contributed by atoms with Crippen molar-refractivity contribution in [2.45, 2.75) is 26.2 Å². The SMILES string of the molecule is CCNC(=NCCCc1ccc(OC)c(OC)c1)NCCc1ccccn1. The molecule has 2 N–H and O–H groups in total. The Labute approximate surface area is 162 Å². The van der Waals surface area contributed by atoms with Crippen LogP contribution in [0.25, 0.3) is 0 Å². The summed E-state index contributed by atoms with van der Waals surface area (Å²) >= 11 is 0. The summed E-state index contributed by atoms with van der Waals surface area (Å²) in [6, 6.07) is 12.0. The summed E-state index contributed by atoms with van der Waals surface area (Å²) in [7, 11) is 3.31. The number of methoxy groups -OCH3 is 2. The third kappa shape index (κ3) is 7.17. The predicted octanol–water partition coefficient (Wildman–Crippen LogP) is 2.83. The van der Waals surface area contributed by atoms with Gasteiger partial charge in [0.15, 0.2) is 17.5 Å². The van der Waals surface area contributed by atoms with E-state index in [2.05, 4.69) is 33.6 Å². The van der Waals surface area contributed by atoms with Crippen LogP contribution in [0.5, 0.6) is 11.5 Å². The Kier molecular flexibility index (Phi) is 8.96. The highest BCUT2D eigenvalue weighted by molar-refractivity contribution is 5.79. The Morgan fingerprint density at radius 3 is 2.59 bits per heavy atom. The largest absolute Gasteiger partial charge is 0.493 e. The molecule has 1 heterocycles. The molecule has 6 heteroatoms. The van der Waals surface area contributed by atoms with Crippen molar-refractivity contribution in [3.05, 3.63) is 53.9 Å². The number of hydrogen-bond donors (Lipinski definition) is 2. The number of benzene rings is 1. The van der Waals surface area contributed by atoms with Crippen LogP contribution in [0.15, 0.2) is 47.6 Å². The molecule has 0 radical (unpaired) electrons. The van der Waals surface area contributed by atoms with E-state index in [0.29, 0.717) is 0 Å². The van der Waals surface area contributed by atoms with Crippen LogP contribution in [-0.4, -0.2) is 44.8 Å². The van der Waals surface area contributed by atoms with Crippen molar-refractivity contribution in [3.63, 3.8) is 0 Å². The standard InChI is InChI=1S/C21H30N4O2/c1-4-22-21(25-15-12-18-9-5-6-13-23-18)24-14-7-8-17-10-11-19(26-2)20(16-17)27-3/h5-6,9-11,13,16H,4,7-8,12,14-15H2,1-3H3,(H2,22,24,25). The second kappa shape index (κ2) is 11.8. The van der Waals surface area contributed by atoms with E-state index in [1.165, 1.54) is 5.56 Å². The first-order chi connectivity index (χ1) is 13.3. The minimum absolute atomic E-state index is 0.755. The van der Waals surface area contributed by atoms with Crippen LogP contribution >= 0.6 is 0 Å². The van der Waals surface area contributed by atoms with Crippen LogP contribution in [0, 0.1) is 0 Å². The van der Waals surface area contributed by atoms with E-state index < -0.39 is 0 Å². The Hall–Kier alpha value is -2.76. The van der Waals surface area contributed by atoms with Crippen LogP contribution in [-0.2, 0) is 12.8 Å². The molecule has 0 aliphatic heterocycles. The summed E-state index contributed by atoms with van der Waals surface area (Å²) in [4.78, 5) is 8.99. The number of nitrogens with one attached hydrogen (secondary N) is 2. The quantitative estimate of drug-likeness (QED) is 0.382. The van der Waals surface area contributed by atoms with E-state index in [1.807, 2.05) is 36.5 Å². The summed E-state index contributed by atoms with van der Waals surface area (Å²) in [6.07, 6.45) is 4.60. The first-order valence-electron chi connectivity index (χ1n) is 9.39. The molecule has 0 saturated carbocycles. The van der Waals surface area contributed by atoms with E-state index in [1.54, 1.807) is 14.2 Å². The highest BCUT2D eigenvalue weighted by Crippen LogP contribution is 2.27. The molecule has 0 atom stereocenters. The number of ether oxygens (including phenoxy) is 2. The van der Waals surface area contributed by atoms with Gasteiger partial charge in [-0.05, 0) is 49.6 Å². The lowest BCUT2D eigenvalue weighted by molar-refractivity contribution is 0.354. The fourth-order valence-electron chi connectivity index (χ4n) is 2.71. The van der Waals surface area contributed by atoms with Gasteiger partial charge < -0.3 is 20.1 Å². The zero-order valence-electron chi connectivity index (χ0n) is 16.5. The Bertz CT molecular complexity index is 705. The number of hydrogen-bond acceptors (Lipinski definition) is 4. The lowest BCUT2D eigenvalue weighted by Gasteiger charge is -2.11. The van der Waals surface area contributed by atoms with Crippen molar-refractivity contribution in [1.82, 2.24) is 15.6 Å². The molecule has 0 bridgehead atoms. The van der Waals surface area contributed by atoms with E-state index in [-0.39, 0.29) is 0 Å². The van der Waals surface area contributed by atoms with Crippen molar-refractivity contribution in [2.24, 2.45) is 4.99 Å². The first-order valence-corrected chi connectivity index (χ1v) is 9.39. The molecule has 2 rings (SSSR count). The number of nitrogens with zero attached hydrogens (tertiary/aromatic N) is 2. The van der Waals surface area contributed by atoms with Gasteiger partial charge in [0.1, 0.15) is 0 Å². The molecule has 0 aliphatic carbocycles. The number of aliphatic imine (C=N–C) groups is 1. The average Bonchev–Trinajstić information content (AvgIpc) is 2.71. The molecule has 0 unspecified atom stereocenters. The molecule has 1 aromatic heterocycles. The van der Waals surface area contributed by atoms with E-state index in [9.17, 15) is 0 Å². The maximum atomic E-state index is 5.36. The summed E-state index contributed by atoms with van der Waals surface area (Å²) < 4.78 is 10.6. The van der Waals surface area contributed by atoms with Gasteiger partial charge in [0.2, 0.25) is 0 Å². The van der Waals surface area contributed by atoms with Crippen molar-refractivity contribution in [3.8, 4) is 11.5 Å². The Morgan fingerprint density at radius 1 is 1.04 bits per heavy atom. The molecular formula is C21H30N4O2. The molecule has 27 heavy (non-hydrogen) atoms. The average molecular weight is 370 g/mol. The van der Waals surface area contributed by atoms with Gasteiger partial charge in [-0.15, -0.1) is 0 Å². The van der Waals surface area contributed by atoms with Gasteiger partial charge in [-0.3, -0.25) is 9.98 Å². The normalized spacial score (nSPS) is 11.1. The molecular weight excluding hydrogens is 340 g/mol. The van der Waals surface area contributed by atoms with Gasteiger partial charge in [0.05, 0.1) is 14.2 Å². The maximum Gasteiger partial charge on any atom is 0.191 e. The van der Waals surface area contributed by atoms with E-state index in [0.717, 1.165) is 62.0 Å². The predicted molar refractivity (Wildman–Crippen MR) is 110 cm³/mol. The van der Waals surface area contributed by atoms with Gasteiger partial charge in [-0.25, -0.2) is 0 Å². The van der Waals surface area contributed by atoms with E-state index >= 15 is 0 Å². The fraction of sp³-hybridized carbons (Fsp3) is 0.429. The fourth-order valence-corrected chi connectivity index (χ4v) is 2.71. The monoisotopic (exact) mass is 370 g/mol. The number of aryl methyl sites for hydroxylation is 1. The molecule has 0 amide bonds. The van der Waals surface area contributed by atoms with Crippen molar-refractivity contribution in [2.75, 3.05) is 33.9 Å². The number of pyridine rings is 1. The molecule has 0 fully saturated rings. The summed E-state index contributed by atoms with van der Waals surface area (Å²) in [5, 5.41) is 6.65. The summed E-state index contributed by atoms with van der Waals surface area (Å²) in [5.41, 5.74) is 2.30. The van der Waals surface area contributed by atoms with Crippen molar-refractivity contribution >= 4 is 5.96 Å². The second-order valence-corrected chi connectivity index (χ2v) is 6.05. The smallest absolute Gasteiger partial charge is 0.191 e. The molecule has 2 aromatic rings. The Balaban J connectivity index is 1.78. The van der Waals surface area contributed by atoms with Gasteiger partial charge in [0, 0.05) is 37.9 Å². The second-order valence-electron chi connectivity index (χ2n) is 6.05. The van der Waals surface area contributed by atoms with Crippen LogP contribution in [0.4, 0.5) is 0 Å². The number of rotatable bonds is 10. The molecule has 0 saturated heterocycles. The van der Waals surface area contributed by atoms with Gasteiger partial charge in [0.25, 0.3) is 0 Å². The highest BCUT2D eigenvalue weighted by atomic mass is 16.5. The maximum absolute atomic E-state index is 5.36. The number of guanidine groups is 1. The third-order valence-corrected chi connectivity index (χ3v) is 4.09. The first kappa shape index (κ1) is 20.6. The molecule has 6 nitrogen and oxygen atoms in total. The van der Waals surface area contributed by atoms with Gasteiger partial charge in [-0.2, -0.15) is 0 Å². The molecule has 146 valence electrons. The minimum atomic E-state index is 0.755. The van der Waals surface area contributed by atoms with Crippen LogP contribution in [0.1, 0.15) is 24.6 Å². The molecule has 0 aliphatic rings. The highest BCUT2D eigenvalue weighted by Gasteiger charge is 2.04. The zero-order valence-corrected chi connectivity index (χ0v) is 16.5. The minimum Gasteiger partial charge on any atom is -0.493 e. The van der Waals surface area contributed by atoms with Gasteiger partial charge in [-0.1, -0.05) is 12.1 Å². The Morgan fingerprint density at radius 2 is 1.89 bits per heavy atom. The van der Waals surface area contributed by atoms with Crippen molar-refractivity contribution in [1.29, 1.82) is 0 Å². The zero-order chi connectivity index (χ0) is 19.3. The van der Waals surface area contributed by atoms with Crippen LogP contribution < -0.4 is 20.1 Å². The lowest BCUT2D eigenvalue weighted by atomic mass is 10.1. The summed E-state index contributed by atoms with van der Waals surface area (Å²) in [6.45, 7) is 4.47. The lowest BCUT2D eigenvalue weighted by Crippen LogP contribution is -2.38. The van der Waals surface area contributed by atoms with Crippen LogP contribution in [0.3, 0.4) is 0 Å². The van der Waals surface area contributed by atoms with Gasteiger partial charge >= 0.3 is 0 Å². The van der Waals surface area contributed by atoms with Crippen LogP contribution in [0.2, 0.25) is 0 Å². The third-order valence-electron chi connectivity index (χ3n) is 4.09.